The molecule has 0 bridgehead atoms. The van der Waals surface area contributed by atoms with Crippen LogP contribution in [0, 0.1) is 13.8 Å². The molecular weight excluding hydrogens is 232 g/mol. The van der Waals surface area contributed by atoms with Crippen molar-refractivity contribution >= 4 is 0 Å². The van der Waals surface area contributed by atoms with E-state index in [4.69, 9.17) is 19.9 Å². The van der Waals surface area contributed by atoms with Crippen molar-refractivity contribution in [1.82, 2.24) is 4.98 Å². The summed E-state index contributed by atoms with van der Waals surface area (Å²) in [6.07, 6.45) is 1.94. The summed E-state index contributed by atoms with van der Waals surface area (Å²) in [6, 6.07) is -0.265. The van der Waals surface area contributed by atoms with E-state index in [0.29, 0.717) is 6.42 Å². The predicted octanol–water partition coefficient (Wildman–Crippen LogP) is 1.20. The summed E-state index contributed by atoms with van der Waals surface area (Å²) < 4.78 is 15.7. The van der Waals surface area contributed by atoms with Crippen molar-refractivity contribution in [2.75, 3.05) is 21.3 Å². The highest BCUT2D eigenvalue weighted by molar-refractivity contribution is 5.41. The van der Waals surface area contributed by atoms with Gasteiger partial charge < -0.3 is 19.9 Å². The summed E-state index contributed by atoms with van der Waals surface area (Å²) in [5.41, 5.74) is 8.97. The monoisotopic (exact) mass is 254 g/mol. The molecule has 0 aliphatic rings. The van der Waals surface area contributed by atoms with E-state index >= 15 is 0 Å². The van der Waals surface area contributed by atoms with Gasteiger partial charge in [-0.1, -0.05) is 0 Å². The van der Waals surface area contributed by atoms with Crippen LogP contribution in [0.15, 0.2) is 6.20 Å². The van der Waals surface area contributed by atoms with Crippen molar-refractivity contribution in [2.24, 2.45) is 5.73 Å². The molecule has 5 heteroatoms. The molecule has 1 unspecified atom stereocenters. The number of aromatic nitrogens is 1. The van der Waals surface area contributed by atoms with Gasteiger partial charge in [-0.2, -0.15) is 0 Å². The third-order valence-corrected chi connectivity index (χ3v) is 2.99. The van der Waals surface area contributed by atoms with E-state index in [1.54, 1.807) is 27.5 Å². The van der Waals surface area contributed by atoms with Crippen LogP contribution in [0.1, 0.15) is 16.8 Å². The lowest BCUT2D eigenvalue weighted by Crippen LogP contribution is -2.39. The number of ether oxygens (including phenoxy) is 3. The minimum atomic E-state index is -0.432. The molecule has 0 amide bonds. The Morgan fingerprint density at radius 3 is 2.33 bits per heavy atom. The van der Waals surface area contributed by atoms with Crippen LogP contribution in [-0.2, 0) is 15.9 Å². The Labute approximate surface area is 108 Å². The lowest BCUT2D eigenvalue weighted by Gasteiger charge is -2.21. The molecule has 1 aromatic rings. The second-order valence-corrected chi connectivity index (χ2v) is 4.25. The van der Waals surface area contributed by atoms with Crippen molar-refractivity contribution in [2.45, 2.75) is 32.6 Å². The third kappa shape index (κ3) is 3.19. The van der Waals surface area contributed by atoms with Crippen LogP contribution in [0.4, 0.5) is 0 Å². The Balaban J connectivity index is 2.91. The molecule has 2 N–H and O–H groups in total. The van der Waals surface area contributed by atoms with E-state index in [0.717, 1.165) is 22.6 Å². The van der Waals surface area contributed by atoms with Crippen molar-refractivity contribution < 1.29 is 14.2 Å². The van der Waals surface area contributed by atoms with Gasteiger partial charge in [-0.05, 0) is 13.8 Å². The molecule has 1 heterocycles. The lowest BCUT2D eigenvalue weighted by atomic mass is 10.0. The Morgan fingerprint density at radius 1 is 1.22 bits per heavy atom. The highest BCUT2D eigenvalue weighted by Gasteiger charge is 2.19. The fourth-order valence-electron chi connectivity index (χ4n) is 2.04. The summed E-state index contributed by atoms with van der Waals surface area (Å²) in [5.74, 6) is 0.860. The first-order valence-electron chi connectivity index (χ1n) is 5.85. The Morgan fingerprint density at radius 2 is 1.83 bits per heavy atom. The quantitative estimate of drug-likeness (QED) is 0.773. The van der Waals surface area contributed by atoms with Crippen LogP contribution in [0.3, 0.4) is 0 Å². The van der Waals surface area contributed by atoms with Gasteiger partial charge in [-0.3, -0.25) is 4.98 Å². The zero-order chi connectivity index (χ0) is 13.7. The van der Waals surface area contributed by atoms with E-state index in [1.165, 1.54) is 0 Å². The number of hydrogen-bond acceptors (Lipinski definition) is 5. The lowest BCUT2D eigenvalue weighted by molar-refractivity contribution is -0.116. The van der Waals surface area contributed by atoms with Crippen LogP contribution in [0.2, 0.25) is 0 Å². The molecule has 0 saturated carbocycles. The average molecular weight is 254 g/mol. The Kier molecular flexibility index (Phi) is 5.53. The Hall–Kier alpha value is -1.17. The van der Waals surface area contributed by atoms with Gasteiger partial charge in [-0.25, -0.2) is 0 Å². The van der Waals surface area contributed by atoms with Gasteiger partial charge in [0.05, 0.1) is 13.2 Å². The molecule has 102 valence electrons. The fraction of sp³-hybridized carbons (Fsp3) is 0.615. The molecule has 1 rings (SSSR count). The maximum Gasteiger partial charge on any atom is 0.172 e. The molecule has 5 nitrogen and oxygen atoms in total. The molecule has 18 heavy (non-hydrogen) atoms. The van der Waals surface area contributed by atoms with Crippen LogP contribution in [0.25, 0.3) is 0 Å². The first-order valence-corrected chi connectivity index (χ1v) is 5.85. The second kappa shape index (κ2) is 6.68. The zero-order valence-electron chi connectivity index (χ0n) is 11.7. The first-order chi connectivity index (χ1) is 8.54. The van der Waals surface area contributed by atoms with Gasteiger partial charge in [0, 0.05) is 43.7 Å². The van der Waals surface area contributed by atoms with Gasteiger partial charge in [0.25, 0.3) is 0 Å². The summed E-state index contributed by atoms with van der Waals surface area (Å²) in [6.45, 7) is 3.95. The van der Waals surface area contributed by atoms with Crippen molar-refractivity contribution in [3.05, 3.63) is 23.0 Å². The van der Waals surface area contributed by atoms with Crippen LogP contribution in [-0.4, -0.2) is 38.6 Å². The average Bonchev–Trinajstić information content (AvgIpc) is 2.35. The van der Waals surface area contributed by atoms with E-state index in [1.807, 2.05) is 13.8 Å². The van der Waals surface area contributed by atoms with Crippen LogP contribution < -0.4 is 10.5 Å². The Bertz CT molecular complexity index is 392. The molecule has 0 aliphatic heterocycles. The van der Waals surface area contributed by atoms with Gasteiger partial charge in [0.2, 0.25) is 0 Å². The van der Waals surface area contributed by atoms with E-state index in [-0.39, 0.29) is 6.04 Å². The van der Waals surface area contributed by atoms with Gasteiger partial charge in [0.1, 0.15) is 5.75 Å². The second-order valence-electron chi connectivity index (χ2n) is 4.25. The molecule has 0 radical (unpaired) electrons. The SMILES string of the molecule is COc1c(C)cnc(CC(N)C(OC)OC)c1C. The van der Waals surface area contributed by atoms with Gasteiger partial charge >= 0.3 is 0 Å². The molecular formula is C13H22N2O3. The molecule has 0 aliphatic carbocycles. The molecule has 1 atom stereocenters. The van der Waals surface area contributed by atoms with Crippen molar-refractivity contribution in [3.8, 4) is 5.75 Å². The standard InChI is InChI=1S/C13H22N2O3/c1-8-7-15-11(9(2)12(8)16-3)6-10(14)13(17-4)18-5/h7,10,13H,6,14H2,1-5H3. The normalized spacial score (nSPS) is 12.8. The fourth-order valence-corrected chi connectivity index (χ4v) is 2.04. The minimum absolute atomic E-state index is 0.265. The van der Waals surface area contributed by atoms with E-state index in [2.05, 4.69) is 4.98 Å². The molecule has 0 spiro atoms. The number of pyridine rings is 1. The summed E-state index contributed by atoms with van der Waals surface area (Å²) in [7, 11) is 4.81. The summed E-state index contributed by atoms with van der Waals surface area (Å²) in [5, 5.41) is 0. The first kappa shape index (κ1) is 14.9. The highest BCUT2D eigenvalue weighted by Crippen LogP contribution is 2.24. The maximum absolute atomic E-state index is 6.04. The largest absolute Gasteiger partial charge is 0.496 e. The number of nitrogens with zero attached hydrogens (tertiary/aromatic N) is 1. The molecule has 1 aromatic heterocycles. The molecule has 0 aromatic carbocycles. The maximum atomic E-state index is 6.04. The smallest absolute Gasteiger partial charge is 0.172 e. The predicted molar refractivity (Wildman–Crippen MR) is 69.7 cm³/mol. The molecule has 0 fully saturated rings. The van der Waals surface area contributed by atoms with Crippen LogP contribution >= 0.6 is 0 Å². The van der Waals surface area contributed by atoms with Gasteiger partial charge in [-0.15, -0.1) is 0 Å². The van der Waals surface area contributed by atoms with Crippen molar-refractivity contribution in [1.29, 1.82) is 0 Å². The zero-order valence-corrected chi connectivity index (χ0v) is 11.7. The van der Waals surface area contributed by atoms with Gasteiger partial charge in [0.15, 0.2) is 6.29 Å². The number of rotatable bonds is 6. The molecule has 0 saturated heterocycles. The highest BCUT2D eigenvalue weighted by atomic mass is 16.7. The summed E-state index contributed by atoms with van der Waals surface area (Å²) >= 11 is 0. The van der Waals surface area contributed by atoms with E-state index in [9.17, 15) is 0 Å². The number of hydrogen-bond donors (Lipinski definition) is 1. The topological polar surface area (TPSA) is 66.6 Å². The van der Waals surface area contributed by atoms with E-state index < -0.39 is 6.29 Å². The summed E-state index contributed by atoms with van der Waals surface area (Å²) in [4.78, 5) is 4.41. The third-order valence-electron chi connectivity index (χ3n) is 2.99. The van der Waals surface area contributed by atoms with Crippen molar-refractivity contribution in [3.63, 3.8) is 0 Å². The number of methoxy groups -OCH3 is 3. The minimum Gasteiger partial charge on any atom is -0.496 e. The number of nitrogens with two attached hydrogens (primary N) is 1. The van der Waals surface area contributed by atoms with Crippen LogP contribution in [0.5, 0.6) is 5.75 Å². The number of aryl methyl sites for hydroxylation is 1.